The molecule has 0 saturated carbocycles. The van der Waals surface area contributed by atoms with E-state index in [2.05, 4.69) is 26.1 Å². The number of carbonyl (C=O) groups is 2. The Morgan fingerprint density at radius 1 is 1.03 bits per heavy atom. The van der Waals surface area contributed by atoms with Gasteiger partial charge in [-0.05, 0) is 42.0 Å². The minimum Gasteiger partial charge on any atom is -0.483 e. The molecule has 180 valence electrons. The second-order valence-electron chi connectivity index (χ2n) is 8.97. The van der Waals surface area contributed by atoms with Crippen molar-refractivity contribution in [1.82, 2.24) is 10.2 Å². The van der Waals surface area contributed by atoms with Gasteiger partial charge in [-0.25, -0.2) is 0 Å². The van der Waals surface area contributed by atoms with Gasteiger partial charge in [0.2, 0.25) is 5.91 Å². The van der Waals surface area contributed by atoms with Crippen molar-refractivity contribution < 1.29 is 14.3 Å². The van der Waals surface area contributed by atoms with E-state index in [0.29, 0.717) is 34.3 Å². The molecule has 33 heavy (non-hydrogen) atoms. The quantitative estimate of drug-likeness (QED) is 0.442. The highest BCUT2D eigenvalue weighted by Gasteiger charge is 2.30. The molecule has 0 aliphatic carbocycles. The van der Waals surface area contributed by atoms with Gasteiger partial charge in [-0.3, -0.25) is 9.59 Å². The largest absolute Gasteiger partial charge is 0.483 e. The van der Waals surface area contributed by atoms with Gasteiger partial charge in [0.05, 0.1) is 0 Å². The summed E-state index contributed by atoms with van der Waals surface area (Å²) in [5, 5.41) is 3.79. The highest BCUT2D eigenvalue weighted by atomic mass is 35.5. The van der Waals surface area contributed by atoms with Crippen LogP contribution in [0.4, 0.5) is 0 Å². The van der Waals surface area contributed by atoms with Crippen molar-refractivity contribution in [3.05, 3.63) is 63.6 Å². The molecule has 5 nitrogen and oxygen atoms in total. The second-order valence-corrected chi connectivity index (χ2v) is 9.79. The second kappa shape index (κ2) is 12.3. The summed E-state index contributed by atoms with van der Waals surface area (Å²) in [5.74, 6) is 0.136. The molecule has 0 heterocycles. The summed E-state index contributed by atoms with van der Waals surface area (Å²) in [5.41, 5.74) is 1.47. The highest BCUT2D eigenvalue weighted by molar-refractivity contribution is 6.36. The van der Waals surface area contributed by atoms with E-state index >= 15 is 0 Å². The number of rotatable bonds is 10. The predicted molar refractivity (Wildman–Crippen MR) is 135 cm³/mol. The number of halogens is 2. The molecule has 1 unspecified atom stereocenters. The molecule has 2 amide bonds. The Morgan fingerprint density at radius 3 is 2.24 bits per heavy atom. The molecule has 2 aromatic carbocycles. The molecule has 0 fully saturated rings. The molecular weight excluding hydrogens is 459 g/mol. The van der Waals surface area contributed by atoms with Crippen LogP contribution in [0.3, 0.4) is 0 Å². The Labute approximate surface area is 207 Å². The van der Waals surface area contributed by atoms with Gasteiger partial charge >= 0.3 is 0 Å². The van der Waals surface area contributed by atoms with Crippen molar-refractivity contribution in [1.29, 1.82) is 0 Å². The van der Waals surface area contributed by atoms with E-state index in [0.717, 1.165) is 12.0 Å². The number of benzene rings is 2. The van der Waals surface area contributed by atoms with Crippen molar-refractivity contribution in [3.63, 3.8) is 0 Å². The molecule has 0 saturated heterocycles. The summed E-state index contributed by atoms with van der Waals surface area (Å²) in [6.07, 6.45) is 1.25. The first-order valence-corrected chi connectivity index (χ1v) is 12.1. The molecule has 2 aromatic rings. The number of carbonyl (C=O) groups excluding carboxylic acids is 2. The van der Waals surface area contributed by atoms with Crippen LogP contribution in [-0.4, -0.2) is 35.9 Å². The molecule has 0 aromatic heterocycles. The van der Waals surface area contributed by atoms with Gasteiger partial charge in [-0.2, -0.15) is 0 Å². The molecule has 0 aliphatic rings. The number of para-hydroxylation sites is 1. The van der Waals surface area contributed by atoms with Gasteiger partial charge in [0.15, 0.2) is 6.61 Å². The fourth-order valence-corrected chi connectivity index (χ4v) is 4.09. The molecule has 0 aliphatic heterocycles. The van der Waals surface area contributed by atoms with Crippen LogP contribution in [0.5, 0.6) is 5.75 Å². The van der Waals surface area contributed by atoms with Gasteiger partial charge in [0.25, 0.3) is 5.91 Å². The zero-order valence-electron chi connectivity index (χ0n) is 20.1. The predicted octanol–water partition coefficient (Wildman–Crippen LogP) is 6.00. The molecule has 2 rings (SSSR count). The Balaban J connectivity index is 2.32. The lowest BCUT2D eigenvalue weighted by Crippen LogP contribution is -2.50. The Morgan fingerprint density at radius 2 is 1.67 bits per heavy atom. The van der Waals surface area contributed by atoms with Crippen molar-refractivity contribution in [3.8, 4) is 5.75 Å². The van der Waals surface area contributed by atoms with Gasteiger partial charge in [-0.1, -0.05) is 82.1 Å². The van der Waals surface area contributed by atoms with Crippen LogP contribution in [0, 0.1) is 0 Å². The topological polar surface area (TPSA) is 58.6 Å². The lowest BCUT2D eigenvalue weighted by atomic mass is 9.86. The van der Waals surface area contributed by atoms with Gasteiger partial charge in [0.1, 0.15) is 11.8 Å². The molecule has 0 radical (unpaired) electrons. The number of ether oxygens (including phenoxy) is 1. The van der Waals surface area contributed by atoms with E-state index in [1.54, 1.807) is 18.2 Å². The minimum atomic E-state index is -0.669. The first-order chi connectivity index (χ1) is 15.6. The Kier molecular flexibility index (Phi) is 10.1. The first-order valence-electron chi connectivity index (χ1n) is 11.3. The lowest BCUT2D eigenvalue weighted by Gasteiger charge is -2.31. The maximum atomic E-state index is 13.4. The van der Waals surface area contributed by atoms with E-state index in [1.165, 1.54) is 4.90 Å². The first kappa shape index (κ1) is 27.0. The van der Waals surface area contributed by atoms with Gasteiger partial charge in [0, 0.05) is 28.7 Å². The fraction of sp³-hybridized carbons (Fsp3) is 0.462. The van der Waals surface area contributed by atoms with Crippen LogP contribution < -0.4 is 10.1 Å². The number of hydrogen-bond acceptors (Lipinski definition) is 3. The molecule has 1 N–H and O–H groups in total. The SMILES string of the molecule is CCCNC(=O)C(CC)N(Cc1c(Cl)cccc1Cl)C(=O)COc1ccccc1C(C)(C)C. The van der Waals surface area contributed by atoms with Crippen molar-refractivity contribution in [2.45, 2.75) is 65.5 Å². The van der Waals surface area contributed by atoms with Gasteiger partial charge in [-0.15, -0.1) is 0 Å². The summed E-state index contributed by atoms with van der Waals surface area (Å²) in [4.78, 5) is 27.8. The van der Waals surface area contributed by atoms with E-state index < -0.39 is 6.04 Å². The van der Waals surface area contributed by atoms with Crippen LogP contribution in [-0.2, 0) is 21.5 Å². The van der Waals surface area contributed by atoms with Crippen LogP contribution in [0.2, 0.25) is 10.0 Å². The zero-order valence-corrected chi connectivity index (χ0v) is 21.6. The molecule has 7 heteroatoms. The van der Waals surface area contributed by atoms with E-state index in [1.807, 2.05) is 38.1 Å². The smallest absolute Gasteiger partial charge is 0.261 e. The average Bonchev–Trinajstić information content (AvgIpc) is 2.77. The molecular formula is C26H34Cl2N2O3. The van der Waals surface area contributed by atoms with Crippen molar-refractivity contribution in [2.75, 3.05) is 13.2 Å². The number of nitrogens with zero attached hydrogens (tertiary/aromatic N) is 1. The third kappa shape index (κ3) is 7.38. The third-order valence-electron chi connectivity index (χ3n) is 5.37. The molecule has 0 bridgehead atoms. The fourth-order valence-electron chi connectivity index (χ4n) is 3.57. The summed E-state index contributed by atoms with van der Waals surface area (Å²) < 4.78 is 5.97. The van der Waals surface area contributed by atoms with Gasteiger partial charge < -0.3 is 15.0 Å². The van der Waals surface area contributed by atoms with Crippen LogP contribution in [0.1, 0.15) is 58.6 Å². The zero-order chi connectivity index (χ0) is 24.6. The van der Waals surface area contributed by atoms with E-state index in [4.69, 9.17) is 27.9 Å². The lowest BCUT2D eigenvalue weighted by molar-refractivity contribution is -0.143. The summed E-state index contributed by atoms with van der Waals surface area (Å²) >= 11 is 12.8. The monoisotopic (exact) mass is 492 g/mol. The summed E-state index contributed by atoms with van der Waals surface area (Å²) in [7, 11) is 0. The van der Waals surface area contributed by atoms with Crippen LogP contribution in [0.25, 0.3) is 0 Å². The minimum absolute atomic E-state index is 0.111. The molecule has 1 atom stereocenters. The van der Waals surface area contributed by atoms with E-state index in [-0.39, 0.29) is 30.4 Å². The summed E-state index contributed by atoms with van der Waals surface area (Å²) in [6, 6.07) is 12.2. The average molecular weight is 493 g/mol. The van der Waals surface area contributed by atoms with Crippen molar-refractivity contribution >= 4 is 35.0 Å². The van der Waals surface area contributed by atoms with Crippen LogP contribution >= 0.6 is 23.2 Å². The normalized spacial score (nSPS) is 12.2. The number of nitrogens with one attached hydrogen (secondary N) is 1. The maximum Gasteiger partial charge on any atom is 0.261 e. The Hall–Kier alpha value is -2.24. The summed E-state index contributed by atoms with van der Waals surface area (Å²) in [6.45, 7) is 10.6. The van der Waals surface area contributed by atoms with E-state index in [9.17, 15) is 9.59 Å². The molecule has 0 spiro atoms. The maximum absolute atomic E-state index is 13.4. The number of hydrogen-bond donors (Lipinski definition) is 1. The Bertz CT molecular complexity index is 937. The van der Waals surface area contributed by atoms with Crippen LogP contribution in [0.15, 0.2) is 42.5 Å². The highest BCUT2D eigenvalue weighted by Crippen LogP contribution is 2.31. The van der Waals surface area contributed by atoms with Crippen molar-refractivity contribution in [2.24, 2.45) is 0 Å². The number of amides is 2. The third-order valence-corrected chi connectivity index (χ3v) is 6.08. The standard InChI is InChI=1S/C26H34Cl2N2O3/c1-6-15-29-25(32)22(7-2)30(16-18-20(27)12-10-13-21(18)28)24(31)17-33-23-14-9-8-11-19(23)26(3,4)5/h8-14,22H,6-7,15-17H2,1-5H3,(H,29,32).